The first-order valence-corrected chi connectivity index (χ1v) is 5.59. The number of hydrogen-bond acceptors (Lipinski definition) is 3. The number of carbonyl (C=O) groups is 1. The zero-order valence-corrected chi connectivity index (χ0v) is 10.6. The Bertz CT molecular complexity index is 404. The highest BCUT2D eigenvalue weighted by Gasteiger charge is 2.13. The van der Waals surface area contributed by atoms with Gasteiger partial charge in [-0.3, -0.25) is 4.79 Å². The fourth-order valence-corrected chi connectivity index (χ4v) is 1.86. The van der Waals surface area contributed by atoms with E-state index in [2.05, 4.69) is 0 Å². The summed E-state index contributed by atoms with van der Waals surface area (Å²) in [5, 5.41) is 9.16. The van der Waals surface area contributed by atoms with Crippen LogP contribution in [0, 0.1) is 0 Å². The van der Waals surface area contributed by atoms with Gasteiger partial charge in [-0.25, -0.2) is 0 Å². The van der Waals surface area contributed by atoms with E-state index in [4.69, 9.17) is 26.2 Å². The molecule has 1 aromatic carbocycles. The zero-order chi connectivity index (χ0) is 12.8. The van der Waals surface area contributed by atoms with Gasteiger partial charge in [0, 0.05) is 17.0 Å². The zero-order valence-electron chi connectivity index (χ0n) is 9.83. The van der Waals surface area contributed by atoms with Gasteiger partial charge in [0.2, 0.25) is 0 Å². The lowest BCUT2D eigenvalue weighted by molar-refractivity contribution is -0.137. The molecule has 0 saturated carbocycles. The molecule has 0 saturated heterocycles. The number of ether oxygens (including phenoxy) is 2. The van der Waals surface area contributed by atoms with Gasteiger partial charge in [-0.2, -0.15) is 0 Å². The fraction of sp³-hybridized carbons (Fsp3) is 0.417. The van der Waals surface area contributed by atoms with Gasteiger partial charge in [-0.15, -0.1) is 0 Å². The van der Waals surface area contributed by atoms with Crippen molar-refractivity contribution < 1.29 is 19.4 Å². The number of rotatable bonds is 6. The number of carboxylic acid groups (broad SMARTS) is 1. The molecule has 0 amide bonds. The third kappa shape index (κ3) is 3.53. The fourth-order valence-electron chi connectivity index (χ4n) is 1.62. The summed E-state index contributed by atoms with van der Waals surface area (Å²) in [6.45, 7) is 0. The van der Waals surface area contributed by atoms with Crippen molar-refractivity contribution in [3.8, 4) is 11.5 Å². The molecule has 0 spiro atoms. The van der Waals surface area contributed by atoms with E-state index < -0.39 is 5.97 Å². The van der Waals surface area contributed by atoms with Gasteiger partial charge in [0.05, 0.1) is 14.2 Å². The highest BCUT2D eigenvalue weighted by molar-refractivity contribution is 6.31. The maximum Gasteiger partial charge on any atom is 0.303 e. The number of methoxy groups -OCH3 is 2. The van der Waals surface area contributed by atoms with Crippen molar-refractivity contribution in [2.75, 3.05) is 14.2 Å². The molecule has 5 heteroatoms. The van der Waals surface area contributed by atoms with Crippen LogP contribution in [0.3, 0.4) is 0 Å². The van der Waals surface area contributed by atoms with Crippen LogP contribution in [0.2, 0.25) is 5.02 Å². The van der Waals surface area contributed by atoms with E-state index in [-0.39, 0.29) is 6.42 Å². The monoisotopic (exact) mass is 258 g/mol. The minimum Gasteiger partial charge on any atom is -0.493 e. The van der Waals surface area contributed by atoms with Crippen molar-refractivity contribution in [3.05, 3.63) is 22.7 Å². The molecule has 0 bridgehead atoms. The highest BCUT2D eigenvalue weighted by atomic mass is 35.5. The van der Waals surface area contributed by atoms with Crippen LogP contribution in [0.5, 0.6) is 11.5 Å². The van der Waals surface area contributed by atoms with Crippen molar-refractivity contribution in [1.82, 2.24) is 0 Å². The lowest BCUT2D eigenvalue weighted by Gasteiger charge is -2.13. The SMILES string of the molecule is COc1ccc(Cl)c(CCCC(=O)O)c1OC. The van der Waals surface area contributed by atoms with Crippen LogP contribution in [-0.2, 0) is 11.2 Å². The predicted molar refractivity (Wildman–Crippen MR) is 65.1 cm³/mol. The van der Waals surface area contributed by atoms with Crippen molar-refractivity contribution in [1.29, 1.82) is 0 Å². The van der Waals surface area contributed by atoms with E-state index in [1.807, 2.05) is 0 Å². The minimum atomic E-state index is -0.817. The average Bonchev–Trinajstić information content (AvgIpc) is 2.30. The Balaban J connectivity index is 2.91. The average molecular weight is 259 g/mol. The Morgan fingerprint density at radius 1 is 1.35 bits per heavy atom. The maximum absolute atomic E-state index is 10.5. The molecule has 94 valence electrons. The number of carboxylic acids is 1. The molecule has 0 radical (unpaired) electrons. The number of aliphatic carboxylic acids is 1. The largest absolute Gasteiger partial charge is 0.493 e. The molecule has 0 unspecified atom stereocenters. The molecule has 0 aromatic heterocycles. The normalized spacial score (nSPS) is 10.1. The Morgan fingerprint density at radius 3 is 2.59 bits per heavy atom. The molecule has 4 nitrogen and oxygen atoms in total. The first kappa shape index (κ1) is 13.6. The summed E-state index contributed by atoms with van der Waals surface area (Å²) in [6.07, 6.45) is 1.17. The van der Waals surface area contributed by atoms with Crippen molar-refractivity contribution in [2.24, 2.45) is 0 Å². The smallest absolute Gasteiger partial charge is 0.303 e. The first-order valence-electron chi connectivity index (χ1n) is 5.21. The summed E-state index contributed by atoms with van der Waals surface area (Å²) < 4.78 is 10.4. The summed E-state index contributed by atoms with van der Waals surface area (Å²) in [7, 11) is 3.08. The van der Waals surface area contributed by atoms with Crippen LogP contribution in [0.25, 0.3) is 0 Å². The number of halogens is 1. The maximum atomic E-state index is 10.5. The lowest BCUT2D eigenvalue weighted by Crippen LogP contribution is -2.00. The van der Waals surface area contributed by atoms with E-state index >= 15 is 0 Å². The molecular formula is C12H15ClO4. The highest BCUT2D eigenvalue weighted by Crippen LogP contribution is 2.36. The summed E-state index contributed by atoms with van der Waals surface area (Å²) in [6, 6.07) is 3.45. The second kappa shape index (κ2) is 6.35. The van der Waals surface area contributed by atoms with Gasteiger partial charge < -0.3 is 14.6 Å². The van der Waals surface area contributed by atoms with Crippen LogP contribution in [-0.4, -0.2) is 25.3 Å². The molecule has 17 heavy (non-hydrogen) atoms. The second-order valence-electron chi connectivity index (χ2n) is 3.51. The van der Waals surface area contributed by atoms with Gasteiger partial charge in [-0.1, -0.05) is 11.6 Å². The van der Waals surface area contributed by atoms with Crippen LogP contribution in [0.15, 0.2) is 12.1 Å². The number of hydrogen-bond donors (Lipinski definition) is 1. The van der Waals surface area contributed by atoms with Gasteiger partial charge in [0.25, 0.3) is 0 Å². The van der Waals surface area contributed by atoms with Crippen LogP contribution in [0.1, 0.15) is 18.4 Å². The van der Waals surface area contributed by atoms with E-state index in [9.17, 15) is 4.79 Å². The van der Waals surface area contributed by atoms with Crippen LogP contribution in [0.4, 0.5) is 0 Å². The molecule has 1 N–H and O–H groups in total. The molecule has 0 heterocycles. The van der Waals surface area contributed by atoms with Gasteiger partial charge in [-0.05, 0) is 25.0 Å². The summed E-state index contributed by atoms with van der Waals surface area (Å²) in [5.41, 5.74) is 0.787. The molecule has 0 fully saturated rings. The van der Waals surface area contributed by atoms with Crippen LogP contribution >= 0.6 is 11.6 Å². The summed E-state index contributed by atoms with van der Waals surface area (Å²) in [4.78, 5) is 10.5. The minimum absolute atomic E-state index is 0.108. The van der Waals surface area contributed by atoms with Gasteiger partial charge in [0.15, 0.2) is 11.5 Å². The van der Waals surface area contributed by atoms with Gasteiger partial charge >= 0.3 is 5.97 Å². The Hall–Kier alpha value is -1.42. The molecule has 0 aliphatic carbocycles. The van der Waals surface area contributed by atoms with Gasteiger partial charge in [0.1, 0.15) is 0 Å². The quantitative estimate of drug-likeness (QED) is 0.852. The van der Waals surface area contributed by atoms with Crippen molar-refractivity contribution in [2.45, 2.75) is 19.3 Å². The van der Waals surface area contributed by atoms with E-state index in [0.29, 0.717) is 29.4 Å². The third-order valence-corrected chi connectivity index (χ3v) is 2.76. The third-order valence-electron chi connectivity index (χ3n) is 2.41. The first-order chi connectivity index (χ1) is 8.10. The Labute approximate surface area is 105 Å². The second-order valence-corrected chi connectivity index (χ2v) is 3.92. The molecule has 0 aliphatic heterocycles. The molecule has 0 aliphatic rings. The molecule has 1 aromatic rings. The molecule has 1 rings (SSSR count). The summed E-state index contributed by atoms with van der Waals surface area (Å²) >= 11 is 6.07. The standard InChI is InChI=1S/C12H15ClO4/c1-16-10-7-6-9(13)8(12(10)17-2)4-3-5-11(14)15/h6-7H,3-5H2,1-2H3,(H,14,15). The van der Waals surface area contributed by atoms with E-state index in [0.717, 1.165) is 5.56 Å². The predicted octanol–water partition coefficient (Wildman–Crippen LogP) is 2.76. The Morgan fingerprint density at radius 2 is 2.06 bits per heavy atom. The van der Waals surface area contributed by atoms with Crippen molar-refractivity contribution >= 4 is 17.6 Å². The van der Waals surface area contributed by atoms with Crippen LogP contribution < -0.4 is 9.47 Å². The summed E-state index contributed by atoms with van der Waals surface area (Å²) in [5.74, 6) is 0.357. The topological polar surface area (TPSA) is 55.8 Å². The van der Waals surface area contributed by atoms with E-state index in [1.165, 1.54) is 7.11 Å². The Kier molecular flexibility index (Phi) is 5.10. The lowest BCUT2D eigenvalue weighted by atomic mass is 10.1. The molecular weight excluding hydrogens is 244 g/mol. The molecule has 0 atom stereocenters. The van der Waals surface area contributed by atoms with E-state index in [1.54, 1.807) is 19.2 Å². The van der Waals surface area contributed by atoms with Crippen molar-refractivity contribution in [3.63, 3.8) is 0 Å². The number of benzene rings is 1.